The van der Waals surface area contributed by atoms with Crippen LogP contribution in [0.2, 0.25) is 0 Å². The number of ether oxygens (including phenoxy) is 1. The van der Waals surface area contributed by atoms with Crippen LogP contribution in [0.3, 0.4) is 0 Å². The molecule has 4 atom stereocenters. The zero-order chi connectivity index (χ0) is 34.5. The number of aliphatic hydroxyl groups excluding tert-OH is 2. The van der Waals surface area contributed by atoms with E-state index in [-0.39, 0.29) is 54.2 Å². The van der Waals surface area contributed by atoms with Gasteiger partial charge in [-0.1, -0.05) is 13.3 Å². The molecule has 0 saturated heterocycles. The van der Waals surface area contributed by atoms with E-state index in [0.717, 1.165) is 6.42 Å². The second-order valence-electron chi connectivity index (χ2n) is 13.7. The lowest BCUT2D eigenvalue weighted by Crippen LogP contribution is -2.63. The van der Waals surface area contributed by atoms with Gasteiger partial charge in [-0.2, -0.15) is 0 Å². The number of fused-ring (bicyclic) bond motifs is 3. The van der Waals surface area contributed by atoms with E-state index < -0.39 is 64.0 Å². The van der Waals surface area contributed by atoms with Gasteiger partial charge in [-0.05, 0) is 60.0 Å². The molecule has 0 spiro atoms. The fourth-order valence-corrected chi connectivity index (χ4v) is 6.61. The highest BCUT2D eigenvalue weighted by Crippen LogP contribution is 2.53. The molecule has 14 heteroatoms. The van der Waals surface area contributed by atoms with Crippen molar-refractivity contribution < 1.29 is 39.2 Å². The van der Waals surface area contributed by atoms with Crippen molar-refractivity contribution >= 4 is 35.0 Å². The highest BCUT2D eigenvalue weighted by Gasteiger charge is 2.63. The van der Waals surface area contributed by atoms with E-state index in [1.165, 1.54) is 4.90 Å². The Labute approximate surface area is 268 Å². The number of carbonyl (C=O) groups excluding carboxylic acids is 4. The van der Waals surface area contributed by atoms with Crippen LogP contribution < -0.4 is 26.0 Å². The standard InChI is InChI=1S/C32H46N6O8/c1-9-10-11-46-25-20-16(30(38(7)8)36-29(25)35-18(39)14-34-31(2,3)4)12-15-13-17-22(37(5)6)24(41)21(28(33)44)27(43)32(17,45)26(42)19(15)23(20)40/h15,17,22,34,41-42,45H,9-14H2,1-8H3,(H2,33,44)(H,35,36,39)/t15-,17-,22-,32-/m0/s1. The predicted molar refractivity (Wildman–Crippen MR) is 171 cm³/mol. The van der Waals surface area contributed by atoms with E-state index in [2.05, 4.69) is 10.6 Å². The Hall–Kier alpha value is -4.01. The molecule has 14 nitrogen and oxygen atoms in total. The summed E-state index contributed by atoms with van der Waals surface area (Å²) in [4.78, 5) is 61.5. The molecule has 0 unspecified atom stereocenters. The number of aliphatic hydroxyl groups is 3. The van der Waals surface area contributed by atoms with Gasteiger partial charge in [0.15, 0.2) is 23.0 Å². The first kappa shape index (κ1) is 34.9. The lowest BCUT2D eigenvalue weighted by atomic mass is 9.58. The van der Waals surface area contributed by atoms with Crippen LogP contribution in [0.5, 0.6) is 5.75 Å². The van der Waals surface area contributed by atoms with Gasteiger partial charge in [0.05, 0.1) is 24.8 Å². The van der Waals surface area contributed by atoms with Crippen LogP contribution in [0.1, 0.15) is 62.9 Å². The molecular weight excluding hydrogens is 596 g/mol. The second-order valence-corrected chi connectivity index (χ2v) is 13.7. The lowest BCUT2D eigenvalue weighted by molar-refractivity contribution is -0.148. The summed E-state index contributed by atoms with van der Waals surface area (Å²) in [6.07, 6.45) is 1.60. The Balaban J connectivity index is 1.93. The lowest BCUT2D eigenvalue weighted by Gasteiger charge is -2.50. The molecule has 0 fully saturated rings. The smallest absolute Gasteiger partial charge is 0.255 e. The molecule has 0 radical (unpaired) electrons. The molecule has 0 aromatic carbocycles. The van der Waals surface area contributed by atoms with Gasteiger partial charge in [0.25, 0.3) is 5.91 Å². The number of pyridine rings is 1. The average molecular weight is 643 g/mol. The van der Waals surface area contributed by atoms with Gasteiger partial charge in [0.2, 0.25) is 11.7 Å². The molecule has 3 aliphatic carbocycles. The number of likely N-dealkylation sites (N-methyl/N-ethyl adjacent to an activating group) is 1. The van der Waals surface area contributed by atoms with Gasteiger partial charge in [0, 0.05) is 36.7 Å². The maximum atomic E-state index is 14.5. The molecule has 0 saturated carbocycles. The van der Waals surface area contributed by atoms with Crippen molar-refractivity contribution in [2.75, 3.05) is 51.6 Å². The van der Waals surface area contributed by atoms with Gasteiger partial charge < -0.3 is 41.3 Å². The maximum absolute atomic E-state index is 14.5. The summed E-state index contributed by atoms with van der Waals surface area (Å²) in [5.41, 5.74) is 1.93. The van der Waals surface area contributed by atoms with E-state index in [1.54, 1.807) is 33.1 Å². The van der Waals surface area contributed by atoms with Crippen LogP contribution in [0.25, 0.3) is 0 Å². The third kappa shape index (κ3) is 5.96. The average Bonchev–Trinajstić information content (AvgIpc) is 2.94. The molecule has 4 rings (SSSR count). The number of Topliss-reactive ketones (excluding diaryl/α,β-unsaturated/α-hetero) is 2. The number of hydrogen-bond acceptors (Lipinski definition) is 12. The number of ketones is 2. The number of unbranched alkanes of at least 4 members (excludes halogenated alkanes) is 1. The number of nitrogens with zero attached hydrogens (tertiary/aromatic N) is 3. The topological polar surface area (TPSA) is 208 Å². The highest BCUT2D eigenvalue weighted by atomic mass is 16.5. The Morgan fingerprint density at radius 1 is 1.15 bits per heavy atom. The minimum absolute atomic E-state index is 0.00160. The van der Waals surface area contributed by atoms with Crippen LogP contribution >= 0.6 is 0 Å². The molecular formula is C32H46N6O8. The minimum Gasteiger partial charge on any atom is -0.510 e. The maximum Gasteiger partial charge on any atom is 0.255 e. The Morgan fingerprint density at radius 3 is 2.35 bits per heavy atom. The first-order valence-electron chi connectivity index (χ1n) is 15.4. The number of nitrogens with one attached hydrogen (secondary N) is 2. The molecule has 3 aliphatic rings. The monoisotopic (exact) mass is 642 g/mol. The number of carbonyl (C=O) groups is 4. The van der Waals surface area contributed by atoms with Crippen LogP contribution in [0.4, 0.5) is 11.6 Å². The third-order valence-corrected chi connectivity index (χ3v) is 8.75. The summed E-state index contributed by atoms with van der Waals surface area (Å²) in [5, 5.41) is 40.6. The highest BCUT2D eigenvalue weighted by molar-refractivity contribution is 6.25. The largest absolute Gasteiger partial charge is 0.510 e. The van der Waals surface area contributed by atoms with Gasteiger partial charge in [-0.25, -0.2) is 4.98 Å². The van der Waals surface area contributed by atoms with Crippen molar-refractivity contribution in [2.45, 2.75) is 70.6 Å². The second kappa shape index (κ2) is 12.6. The van der Waals surface area contributed by atoms with E-state index in [0.29, 0.717) is 17.8 Å². The van der Waals surface area contributed by atoms with Crippen LogP contribution in [0, 0.1) is 11.8 Å². The van der Waals surface area contributed by atoms with Crippen molar-refractivity contribution in [3.05, 3.63) is 33.8 Å². The molecule has 1 aromatic rings. The Morgan fingerprint density at radius 2 is 1.80 bits per heavy atom. The fourth-order valence-electron chi connectivity index (χ4n) is 6.61. The van der Waals surface area contributed by atoms with Crippen molar-refractivity contribution in [3.63, 3.8) is 0 Å². The van der Waals surface area contributed by atoms with E-state index in [4.69, 9.17) is 15.5 Å². The summed E-state index contributed by atoms with van der Waals surface area (Å²) in [6.45, 7) is 7.89. The van der Waals surface area contributed by atoms with Crippen LogP contribution in [-0.2, 0) is 20.8 Å². The molecule has 46 heavy (non-hydrogen) atoms. The predicted octanol–water partition coefficient (Wildman–Crippen LogP) is 1.38. The van der Waals surface area contributed by atoms with Crippen LogP contribution in [0.15, 0.2) is 22.7 Å². The summed E-state index contributed by atoms with van der Waals surface area (Å²) < 4.78 is 6.13. The van der Waals surface area contributed by atoms with Gasteiger partial charge in [-0.3, -0.25) is 24.1 Å². The fraction of sp³-hybridized carbons (Fsp3) is 0.594. The molecule has 1 aromatic heterocycles. The number of aromatic nitrogens is 1. The van der Waals surface area contributed by atoms with Crippen molar-refractivity contribution in [2.24, 2.45) is 17.6 Å². The van der Waals surface area contributed by atoms with E-state index >= 15 is 0 Å². The normalized spacial score (nSPS) is 24.4. The Kier molecular flexibility index (Phi) is 9.58. The number of nitrogens with two attached hydrogens (primary N) is 1. The SMILES string of the molecule is CCCCOc1c(NC(=O)CNC(C)(C)C)nc(N(C)C)c2c1C(=O)C1=C(O)[C@]3(O)C(=O)C(C(N)=O)=C(O)[C@@H](N(C)C)[C@@H]3C[C@@H]1C2. The van der Waals surface area contributed by atoms with Gasteiger partial charge in [0.1, 0.15) is 22.9 Å². The van der Waals surface area contributed by atoms with Crippen molar-refractivity contribution in [1.29, 1.82) is 0 Å². The van der Waals surface area contributed by atoms with Crippen LogP contribution in [-0.4, -0.2) is 107 Å². The van der Waals surface area contributed by atoms with E-state index in [1.807, 2.05) is 27.7 Å². The molecule has 252 valence electrons. The van der Waals surface area contributed by atoms with Gasteiger partial charge >= 0.3 is 0 Å². The molecule has 0 aliphatic heterocycles. The Bertz CT molecular complexity index is 1520. The number of hydrogen-bond donors (Lipinski definition) is 6. The molecule has 1 heterocycles. The zero-order valence-corrected chi connectivity index (χ0v) is 27.8. The van der Waals surface area contributed by atoms with E-state index in [9.17, 15) is 34.5 Å². The molecule has 2 amide bonds. The third-order valence-electron chi connectivity index (χ3n) is 8.75. The van der Waals surface area contributed by atoms with Crippen molar-refractivity contribution in [1.82, 2.24) is 15.2 Å². The number of amides is 2. The summed E-state index contributed by atoms with van der Waals surface area (Å²) in [7, 11) is 6.67. The summed E-state index contributed by atoms with van der Waals surface area (Å²) in [6, 6.07) is -1.07. The zero-order valence-electron chi connectivity index (χ0n) is 27.8. The number of primary amides is 1. The summed E-state index contributed by atoms with van der Waals surface area (Å²) >= 11 is 0. The first-order valence-corrected chi connectivity index (χ1v) is 15.4. The van der Waals surface area contributed by atoms with Crippen molar-refractivity contribution in [3.8, 4) is 5.75 Å². The molecule has 0 bridgehead atoms. The number of allylic oxidation sites excluding steroid dienone is 1. The summed E-state index contributed by atoms with van der Waals surface area (Å²) in [5.74, 6) is -6.53. The number of rotatable bonds is 10. The first-order chi connectivity index (χ1) is 21.4. The molecule has 7 N–H and O–H groups in total. The quantitative estimate of drug-likeness (QED) is 0.158. The number of anilines is 2. The minimum atomic E-state index is -2.71. The van der Waals surface area contributed by atoms with Gasteiger partial charge in [-0.15, -0.1) is 0 Å².